The predicted molar refractivity (Wildman–Crippen MR) is 196 cm³/mol. The summed E-state index contributed by atoms with van der Waals surface area (Å²) in [6.07, 6.45) is 0. The summed E-state index contributed by atoms with van der Waals surface area (Å²) in [7, 11) is 0. The van der Waals surface area contributed by atoms with Gasteiger partial charge in [-0.15, -0.1) is 0 Å². The van der Waals surface area contributed by atoms with Crippen LogP contribution in [0.4, 0.5) is 0 Å². The van der Waals surface area contributed by atoms with E-state index in [0.717, 1.165) is 39.1 Å². The average molecular weight is 629 g/mol. The first-order chi connectivity index (χ1) is 24.0. The minimum atomic E-state index is -0.522. The van der Waals surface area contributed by atoms with Crippen LogP contribution in [-0.2, 0) is 11.0 Å². The third kappa shape index (κ3) is 2.83. The Morgan fingerprint density at radius 2 is 1.35 bits per heavy atom. The highest BCUT2D eigenvalue weighted by molar-refractivity contribution is 6.21. The summed E-state index contributed by atoms with van der Waals surface area (Å²) in [5.74, 6) is 1.000. The molecule has 6 aromatic carbocycles. The quantitative estimate of drug-likeness (QED) is 0.170. The van der Waals surface area contributed by atoms with Crippen LogP contribution in [0, 0.1) is 0 Å². The highest BCUT2D eigenvalue weighted by atomic mass is 16.3. The molecule has 0 radical (unpaired) electrons. The fourth-order valence-corrected chi connectivity index (χ4v) is 9.87. The van der Waals surface area contributed by atoms with Crippen molar-refractivity contribution in [1.82, 2.24) is 9.55 Å². The van der Waals surface area contributed by atoms with Crippen LogP contribution in [-0.4, -0.2) is 9.55 Å². The number of furan rings is 1. The first-order valence-electron chi connectivity index (χ1n) is 17.2. The summed E-state index contributed by atoms with van der Waals surface area (Å²) >= 11 is 0. The van der Waals surface area contributed by atoms with Crippen LogP contribution in [0.3, 0.4) is 0 Å². The molecule has 230 valence electrons. The molecule has 0 saturated heterocycles. The molecule has 3 aromatic heterocycles. The fourth-order valence-electron chi connectivity index (χ4n) is 9.87. The molecule has 3 aliphatic rings. The lowest BCUT2D eigenvalue weighted by atomic mass is 9.79. The van der Waals surface area contributed by atoms with E-state index in [4.69, 9.17) is 9.40 Å². The van der Waals surface area contributed by atoms with Crippen LogP contribution < -0.4 is 4.57 Å². The number of rotatable bonds is 1. The van der Waals surface area contributed by atoms with Crippen LogP contribution in [0.2, 0.25) is 0 Å². The van der Waals surface area contributed by atoms with Crippen LogP contribution in [0.1, 0.15) is 43.0 Å². The van der Waals surface area contributed by atoms with Gasteiger partial charge in [0.25, 0.3) is 0 Å². The lowest BCUT2D eigenvalue weighted by Crippen LogP contribution is -2.56. The molecule has 0 amide bonds. The molecule has 0 saturated carbocycles. The maximum atomic E-state index is 6.70. The van der Waals surface area contributed by atoms with E-state index >= 15 is 0 Å². The van der Waals surface area contributed by atoms with E-state index in [-0.39, 0.29) is 5.41 Å². The lowest BCUT2D eigenvalue weighted by molar-refractivity contribution is -0.715. The average Bonchev–Trinajstić information content (AvgIpc) is 3.81. The molecule has 9 aromatic rings. The van der Waals surface area contributed by atoms with Crippen molar-refractivity contribution in [3.63, 3.8) is 0 Å². The Bertz CT molecular complexity index is 2990. The van der Waals surface area contributed by atoms with Gasteiger partial charge in [-0.3, -0.25) is 4.57 Å². The number of para-hydroxylation sites is 3. The second-order valence-corrected chi connectivity index (χ2v) is 14.7. The van der Waals surface area contributed by atoms with Crippen LogP contribution in [0.15, 0.2) is 132 Å². The van der Waals surface area contributed by atoms with Gasteiger partial charge < -0.3 is 4.42 Å². The van der Waals surface area contributed by atoms with Gasteiger partial charge in [-0.05, 0) is 70.6 Å². The van der Waals surface area contributed by atoms with Crippen molar-refractivity contribution < 1.29 is 8.98 Å². The van der Waals surface area contributed by atoms with Gasteiger partial charge in [0.2, 0.25) is 5.71 Å². The standard InChI is InChI=1S/C45H30N3O/c1-44(2)32-17-7-4-12-26(32)27-23-22-25(24-34(27)44)40-28-13-5-8-19-35(28)46-42-31-16-11-20-36-39(31)45(3,48(40)42)33-18-10-15-30-38-29-14-6-9-21-37(29)49-43(38)47(36)41(30)33/h4-24H,1-3H3/q+1. The molecular weight excluding hydrogens is 599 g/mol. The number of hydrogen-bond donors (Lipinski definition) is 0. The van der Waals surface area contributed by atoms with E-state index in [1.807, 2.05) is 0 Å². The van der Waals surface area contributed by atoms with Gasteiger partial charge >= 0.3 is 5.82 Å². The molecule has 1 aliphatic carbocycles. The van der Waals surface area contributed by atoms with Crippen LogP contribution in [0.25, 0.3) is 83.3 Å². The highest BCUT2D eigenvalue weighted by Crippen LogP contribution is 2.55. The zero-order valence-corrected chi connectivity index (χ0v) is 27.4. The van der Waals surface area contributed by atoms with Gasteiger partial charge in [0.05, 0.1) is 27.5 Å². The molecule has 2 aliphatic heterocycles. The number of fused-ring (bicyclic) bond motifs is 14. The van der Waals surface area contributed by atoms with Gasteiger partial charge in [0, 0.05) is 32.9 Å². The molecule has 1 unspecified atom stereocenters. The zero-order chi connectivity index (χ0) is 32.4. The lowest BCUT2D eigenvalue weighted by Gasteiger charge is -2.33. The zero-order valence-electron chi connectivity index (χ0n) is 27.4. The Balaban J connectivity index is 1.23. The Kier molecular flexibility index (Phi) is 4.43. The first kappa shape index (κ1) is 26.0. The Morgan fingerprint density at radius 3 is 2.27 bits per heavy atom. The SMILES string of the molecule is CC1(C)c2ccccc2-c2ccc(-c3c4ccccc4nc4[n+]3C3(C)c5c-4cccc5-n4c5oc6ccccc6c5c5cccc3c54)cc21. The smallest absolute Gasteiger partial charge is 0.333 e. The van der Waals surface area contributed by atoms with Crippen LogP contribution >= 0.6 is 0 Å². The Hall–Kier alpha value is -6.00. The minimum Gasteiger partial charge on any atom is -0.439 e. The van der Waals surface area contributed by atoms with Gasteiger partial charge in [-0.1, -0.05) is 105 Å². The van der Waals surface area contributed by atoms with Gasteiger partial charge in [-0.25, -0.2) is 4.57 Å². The highest BCUT2D eigenvalue weighted by Gasteiger charge is 2.55. The summed E-state index contributed by atoms with van der Waals surface area (Å²) in [6, 6.07) is 46.6. The van der Waals surface area contributed by atoms with Crippen molar-refractivity contribution in [3.8, 4) is 39.5 Å². The van der Waals surface area contributed by atoms with E-state index in [0.29, 0.717) is 0 Å². The molecule has 0 N–H and O–H groups in total. The van der Waals surface area contributed by atoms with Gasteiger partial charge in [0.15, 0.2) is 11.1 Å². The number of aromatic nitrogens is 3. The molecule has 12 rings (SSSR count). The summed E-state index contributed by atoms with van der Waals surface area (Å²) in [4.78, 5) is 5.47. The summed E-state index contributed by atoms with van der Waals surface area (Å²) in [5, 5.41) is 4.70. The molecular formula is C45H30N3O+. The minimum absolute atomic E-state index is 0.104. The number of benzene rings is 6. The molecule has 4 heteroatoms. The monoisotopic (exact) mass is 628 g/mol. The summed E-state index contributed by atoms with van der Waals surface area (Å²) in [5.41, 5.74) is 16.1. The molecule has 49 heavy (non-hydrogen) atoms. The number of hydrogen-bond acceptors (Lipinski definition) is 2. The van der Waals surface area contributed by atoms with Crippen molar-refractivity contribution in [3.05, 3.63) is 150 Å². The van der Waals surface area contributed by atoms with Crippen molar-refractivity contribution >= 4 is 43.9 Å². The van der Waals surface area contributed by atoms with E-state index in [1.165, 1.54) is 66.5 Å². The normalized spacial score (nSPS) is 17.5. The predicted octanol–water partition coefficient (Wildman–Crippen LogP) is 10.4. The van der Waals surface area contributed by atoms with Crippen molar-refractivity contribution in [2.45, 2.75) is 31.7 Å². The van der Waals surface area contributed by atoms with E-state index < -0.39 is 5.54 Å². The summed E-state index contributed by atoms with van der Waals surface area (Å²) in [6.45, 7) is 7.13. The van der Waals surface area contributed by atoms with E-state index in [2.05, 4.69) is 157 Å². The third-order valence-electron chi connectivity index (χ3n) is 12.0. The molecule has 4 nitrogen and oxygen atoms in total. The Labute approximate surface area is 282 Å². The molecule has 0 fully saturated rings. The topological polar surface area (TPSA) is 34.8 Å². The van der Waals surface area contributed by atoms with Crippen molar-refractivity contribution in [2.24, 2.45) is 0 Å². The first-order valence-corrected chi connectivity index (χ1v) is 17.2. The number of nitrogens with zero attached hydrogens (tertiary/aromatic N) is 3. The third-order valence-corrected chi connectivity index (χ3v) is 12.0. The second kappa shape index (κ2) is 8.34. The van der Waals surface area contributed by atoms with Crippen LogP contribution in [0.5, 0.6) is 0 Å². The maximum Gasteiger partial charge on any atom is 0.333 e. The largest absolute Gasteiger partial charge is 0.439 e. The van der Waals surface area contributed by atoms with Gasteiger partial charge in [-0.2, -0.15) is 0 Å². The molecule has 0 bridgehead atoms. The molecule has 0 spiro atoms. The molecule has 1 atom stereocenters. The van der Waals surface area contributed by atoms with Crippen molar-refractivity contribution in [1.29, 1.82) is 0 Å². The van der Waals surface area contributed by atoms with E-state index in [1.54, 1.807) is 0 Å². The van der Waals surface area contributed by atoms with E-state index in [9.17, 15) is 0 Å². The summed E-state index contributed by atoms with van der Waals surface area (Å²) < 4.78 is 11.6. The second-order valence-electron chi connectivity index (χ2n) is 14.7. The van der Waals surface area contributed by atoms with Crippen molar-refractivity contribution in [2.75, 3.05) is 0 Å². The van der Waals surface area contributed by atoms with Gasteiger partial charge in [0.1, 0.15) is 11.3 Å². The Morgan fingerprint density at radius 1 is 0.633 bits per heavy atom. The maximum absolute atomic E-state index is 6.70. The fraction of sp³-hybridized carbons (Fsp3) is 0.111. The molecule has 5 heterocycles.